The Kier molecular flexibility index (Phi) is 7.34. The number of nitrogens with one attached hydrogen (secondary N) is 3. The second kappa shape index (κ2) is 9.95. The summed E-state index contributed by atoms with van der Waals surface area (Å²) < 4.78 is 14.9. The first kappa shape index (κ1) is 21.4. The third-order valence-electron chi connectivity index (χ3n) is 5.26. The number of halogens is 1. The third kappa shape index (κ3) is 5.84. The highest BCUT2D eigenvalue weighted by atomic mass is 32.2. The number of amides is 2. The van der Waals surface area contributed by atoms with Gasteiger partial charge in [0, 0.05) is 18.8 Å². The number of carbonyl (C=O) groups is 2. The van der Waals surface area contributed by atoms with E-state index in [2.05, 4.69) is 26.1 Å². The summed E-state index contributed by atoms with van der Waals surface area (Å²) in [6.45, 7) is 2.38. The minimum atomic E-state index is -1.17. The third-order valence-corrected chi connectivity index (χ3v) is 6.23. The second-order valence-corrected chi connectivity index (χ2v) is 8.52. The molecule has 0 unspecified atom stereocenters. The summed E-state index contributed by atoms with van der Waals surface area (Å²) >= 11 is 1.70. The van der Waals surface area contributed by atoms with E-state index in [9.17, 15) is 14.0 Å². The predicted molar refractivity (Wildman–Crippen MR) is 109 cm³/mol. The Hall–Kier alpha value is -2.30. The van der Waals surface area contributed by atoms with Crippen molar-refractivity contribution >= 4 is 35.4 Å². The van der Waals surface area contributed by atoms with Crippen LogP contribution in [0.2, 0.25) is 0 Å². The van der Waals surface area contributed by atoms with Gasteiger partial charge in [-0.25, -0.2) is 14.8 Å². The number of hydrogen-bond donors (Lipinski definition) is 4. The van der Waals surface area contributed by atoms with Crippen LogP contribution in [0, 0.1) is 24.6 Å². The molecule has 2 heterocycles. The van der Waals surface area contributed by atoms with Crippen LogP contribution in [-0.2, 0) is 4.79 Å². The summed E-state index contributed by atoms with van der Waals surface area (Å²) in [6.07, 6.45) is 3.77. The van der Waals surface area contributed by atoms with Crippen LogP contribution >= 0.6 is 11.8 Å². The van der Waals surface area contributed by atoms with Gasteiger partial charge in [0.05, 0.1) is 11.8 Å². The summed E-state index contributed by atoms with van der Waals surface area (Å²) in [5.41, 5.74) is 5.08. The Morgan fingerprint density at radius 3 is 2.76 bits per heavy atom. The Labute approximate surface area is 173 Å². The lowest BCUT2D eigenvalue weighted by Crippen LogP contribution is -2.42. The van der Waals surface area contributed by atoms with Crippen molar-refractivity contribution < 1.29 is 19.1 Å². The fourth-order valence-electron chi connectivity index (χ4n) is 3.78. The fourth-order valence-corrected chi connectivity index (χ4v) is 4.73. The molecule has 1 saturated heterocycles. The number of nitrogens with zero attached hydrogens (tertiary/aromatic N) is 3. The Balaban J connectivity index is 1.65. The number of aromatic nitrogens is 2. The zero-order chi connectivity index (χ0) is 20.8. The van der Waals surface area contributed by atoms with Gasteiger partial charge in [-0.05, 0) is 19.3 Å². The minimum absolute atomic E-state index is 0.0148. The zero-order valence-corrected chi connectivity index (χ0v) is 17.2. The van der Waals surface area contributed by atoms with Crippen molar-refractivity contribution in [2.45, 2.75) is 39.0 Å². The van der Waals surface area contributed by atoms with Crippen molar-refractivity contribution in [3.05, 3.63) is 11.6 Å². The molecule has 1 aliphatic carbocycles. The molecule has 1 aromatic rings. The van der Waals surface area contributed by atoms with E-state index in [0.29, 0.717) is 30.6 Å². The monoisotopic (exact) mass is 426 g/mol. The molecule has 1 saturated carbocycles. The summed E-state index contributed by atoms with van der Waals surface area (Å²) in [5.74, 6) is 0.933. The molecule has 29 heavy (non-hydrogen) atoms. The standard InChI is InChI=1S/C18H27FN6O3S/c1-11-21-15(14(19)16(22-11)25-6-7-29-10-25)23-24-17(26)13(9-20-18(27)28)8-12-4-2-3-5-12/h12-13,20H,2-10H2,1H3,(H,24,26)(H,27,28)(H,21,22,23)/t13-/m1/s1. The average Bonchev–Trinajstić information content (AvgIpc) is 3.39. The zero-order valence-electron chi connectivity index (χ0n) is 16.4. The van der Waals surface area contributed by atoms with Crippen molar-refractivity contribution in [3.8, 4) is 0 Å². The molecule has 1 aromatic heterocycles. The number of thioether (sulfide) groups is 1. The number of carboxylic acid groups (broad SMARTS) is 1. The molecular weight excluding hydrogens is 399 g/mol. The Bertz CT molecular complexity index is 741. The average molecular weight is 427 g/mol. The molecule has 1 atom stereocenters. The van der Waals surface area contributed by atoms with Gasteiger partial charge >= 0.3 is 6.09 Å². The van der Waals surface area contributed by atoms with Gasteiger partial charge in [-0.3, -0.25) is 15.6 Å². The van der Waals surface area contributed by atoms with Crippen LogP contribution in [0.15, 0.2) is 0 Å². The number of carbonyl (C=O) groups excluding carboxylic acids is 1. The van der Waals surface area contributed by atoms with E-state index in [0.717, 1.165) is 31.4 Å². The number of hydrazine groups is 1. The van der Waals surface area contributed by atoms with Crippen LogP contribution in [0.3, 0.4) is 0 Å². The lowest BCUT2D eigenvalue weighted by molar-refractivity contribution is -0.124. The quantitative estimate of drug-likeness (QED) is 0.468. The topological polar surface area (TPSA) is 119 Å². The van der Waals surface area contributed by atoms with Gasteiger partial charge in [0.25, 0.3) is 0 Å². The van der Waals surface area contributed by atoms with Gasteiger partial charge in [-0.1, -0.05) is 25.7 Å². The molecule has 160 valence electrons. The highest BCUT2D eigenvalue weighted by Gasteiger charge is 2.27. The molecule has 9 nitrogen and oxygen atoms in total. The van der Waals surface area contributed by atoms with E-state index in [1.54, 1.807) is 18.7 Å². The number of hydrogen-bond acceptors (Lipinski definition) is 7. The summed E-state index contributed by atoms with van der Waals surface area (Å²) in [5, 5.41) is 11.2. The highest BCUT2D eigenvalue weighted by Crippen LogP contribution is 2.30. The lowest BCUT2D eigenvalue weighted by Gasteiger charge is -2.21. The number of aryl methyl sites for hydroxylation is 1. The SMILES string of the molecule is Cc1nc(NNC(=O)[C@@H](CNC(=O)O)CC2CCCC2)c(F)c(N2CCSC2)n1. The molecule has 2 aliphatic rings. The maximum atomic E-state index is 14.9. The maximum Gasteiger partial charge on any atom is 0.404 e. The van der Waals surface area contributed by atoms with Gasteiger partial charge in [0.1, 0.15) is 5.82 Å². The first-order valence-corrected chi connectivity index (χ1v) is 11.0. The number of anilines is 2. The van der Waals surface area contributed by atoms with Crippen molar-refractivity contribution in [1.29, 1.82) is 0 Å². The molecule has 0 bridgehead atoms. The second-order valence-electron chi connectivity index (χ2n) is 7.44. The first-order valence-electron chi connectivity index (χ1n) is 9.83. The van der Waals surface area contributed by atoms with Crippen molar-refractivity contribution in [1.82, 2.24) is 20.7 Å². The first-order chi connectivity index (χ1) is 13.9. The molecule has 0 spiro atoms. The lowest BCUT2D eigenvalue weighted by atomic mass is 9.92. The van der Waals surface area contributed by atoms with Crippen molar-refractivity contribution in [3.63, 3.8) is 0 Å². The fraction of sp³-hybridized carbons (Fsp3) is 0.667. The van der Waals surface area contributed by atoms with E-state index in [-0.39, 0.29) is 24.1 Å². The highest BCUT2D eigenvalue weighted by molar-refractivity contribution is 7.99. The molecule has 2 fully saturated rings. The van der Waals surface area contributed by atoms with E-state index >= 15 is 0 Å². The van der Waals surface area contributed by atoms with Crippen LogP contribution in [-0.4, -0.2) is 51.8 Å². The van der Waals surface area contributed by atoms with Crippen LogP contribution in [0.4, 0.5) is 20.8 Å². The molecule has 3 rings (SSSR count). The van der Waals surface area contributed by atoms with E-state index in [1.807, 2.05) is 4.90 Å². The van der Waals surface area contributed by atoms with Gasteiger partial charge < -0.3 is 15.3 Å². The number of rotatable bonds is 8. The van der Waals surface area contributed by atoms with Crippen LogP contribution < -0.4 is 21.1 Å². The van der Waals surface area contributed by atoms with E-state index in [4.69, 9.17) is 5.11 Å². The van der Waals surface area contributed by atoms with Gasteiger partial charge in [-0.15, -0.1) is 11.8 Å². The van der Waals surface area contributed by atoms with Crippen molar-refractivity contribution in [2.75, 3.05) is 35.0 Å². The van der Waals surface area contributed by atoms with Crippen LogP contribution in [0.25, 0.3) is 0 Å². The largest absolute Gasteiger partial charge is 0.465 e. The molecular formula is C18H27FN6O3S. The molecule has 0 radical (unpaired) electrons. The van der Waals surface area contributed by atoms with Crippen LogP contribution in [0.1, 0.15) is 37.9 Å². The minimum Gasteiger partial charge on any atom is -0.465 e. The summed E-state index contributed by atoms with van der Waals surface area (Å²) in [7, 11) is 0. The van der Waals surface area contributed by atoms with Crippen molar-refractivity contribution in [2.24, 2.45) is 11.8 Å². The Morgan fingerprint density at radius 2 is 2.10 bits per heavy atom. The molecule has 0 aromatic carbocycles. The maximum absolute atomic E-state index is 14.9. The molecule has 2 amide bonds. The smallest absolute Gasteiger partial charge is 0.404 e. The molecule has 11 heteroatoms. The van der Waals surface area contributed by atoms with Gasteiger partial charge in [0.15, 0.2) is 11.6 Å². The molecule has 1 aliphatic heterocycles. The Morgan fingerprint density at radius 1 is 1.34 bits per heavy atom. The van der Waals surface area contributed by atoms with E-state index in [1.165, 1.54) is 0 Å². The van der Waals surface area contributed by atoms with Gasteiger partial charge in [0.2, 0.25) is 11.7 Å². The summed E-state index contributed by atoms with van der Waals surface area (Å²) in [4.78, 5) is 33.6. The van der Waals surface area contributed by atoms with Crippen LogP contribution in [0.5, 0.6) is 0 Å². The van der Waals surface area contributed by atoms with E-state index < -0.39 is 17.8 Å². The summed E-state index contributed by atoms with van der Waals surface area (Å²) in [6, 6.07) is 0. The predicted octanol–water partition coefficient (Wildman–Crippen LogP) is 2.34. The normalized spacial score (nSPS) is 17.9. The molecule has 4 N–H and O–H groups in total. The van der Waals surface area contributed by atoms with Gasteiger partial charge in [-0.2, -0.15) is 4.39 Å².